The highest BCUT2D eigenvalue weighted by molar-refractivity contribution is 6.11. The number of para-hydroxylation sites is 1. The lowest BCUT2D eigenvalue weighted by atomic mass is 9.69. The fourth-order valence-electron chi connectivity index (χ4n) is 3.10. The van der Waals surface area contributed by atoms with Crippen LogP contribution in [0.5, 0.6) is 5.75 Å². The van der Waals surface area contributed by atoms with E-state index in [0.717, 1.165) is 22.5 Å². The van der Waals surface area contributed by atoms with E-state index in [-0.39, 0.29) is 23.7 Å². The Labute approximate surface area is 157 Å². The second kappa shape index (κ2) is 7.38. The van der Waals surface area contributed by atoms with Crippen molar-refractivity contribution in [1.82, 2.24) is 0 Å². The first-order valence-corrected chi connectivity index (χ1v) is 8.90. The zero-order valence-corrected chi connectivity index (χ0v) is 16.4. The van der Waals surface area contributed by atoms with E-state index in [2.05, 4.69) is 39.3 Å². The maximum absolute atomic E-state index is 13.2. The Morgan fingerprint density at radius 1 is 1.15 bits per heavy atom. The minimum absolute atomic E-state index is 0.0508. The molecule has 1 aliphatic carbocycles. The first-order valence-electron chi connectivity index (χ1n) is 8.90. The predicted octanol–water partition coefficient (Wildman–Crippen LogP) is 5.48. The summed E-state index contributed by atoms with van der Waals surface area (Å²) < 4.78 is 5.73. The number of benzene rings is 1. The fraction of sp³-hybridized carbons (Fsp3) is 0.375. The monoisotopic (exact) mass is 348 g/mol. The Morgan fingerprint density at radius 2 is 1.77 bits per heavy atom. The van der Waals surface area contributed by atoms with Crippen LogP contribution in [-0.4, -0.2) is 12.4 Å². The van der Waals surface area contributed by atoms with Crippen molar-refractivity contribution >= 4 is 5.78 Å². The first kappa shape index (κ1) is 19.8. The lowest BCUT2D eigenvalue weighted by molar-refractivity contribution is -0.114. The van der Waals surface area contributed by atoms with Crippen LogP contribution in [0, 0.1) is 23.2 Å². The number of hydrogen-bond acceptors (Lipinski definition) is 2. The molecule has 1 atom stereocenters. The summed E-state index contributed by atoms with van der Waals surface area (Å²) in [4.78, 5) is 13.2. The van der Waals surface area contributed by atoms with E-state index in [1.807, 2.05) is 50.3 Å². The average molecular weight is 348 g/mol. The molecule has 1 aromatic rings. The molecule has 0 bridgehead atoms. The van der Waals surface area contributed by atoms with Gasteiger partial charge in [-0.05, 0) is 11.5 Å². The molecule has 1 unspecified atom stereocenters. The van der Waals surface area contributed by atoms with Crippen LogP contribution in [0.3, 0.4) is 0 Å². The molecule has 1 aliphatic rings. The van der Waals surface area contributed by atoms with Gasteiger partial charge in [0, 0.05) is 28.0 Å². The van der Waals surface area contributed by atoms with Crippen LogP contribution in [0.15, 0.2) is 60.2 Å². The molecular weight excluding hydrogens is 320 g/mol. The van der Waals surface area contributed by atoms with Crippen molar-refractivity contribution in [2.75, 3.05) is 6.61 Å². The normalized spacial score (nSPS) is 17.8. The van der Waals surface area contributed by atoms with Crippen molar-refractivity contribution in [3.63, 3.8) is 0 Å². The molecule has 2 rings (SSSR count). The number of hydrogen-bond donors (Lipinski definition) is 0. The van der Waals surface area contributed by atoms with Crippen molar-refractivity contribution in [1.29, 1.82) is 0 Å². The van der Waals surface area contributed by atoms with Gasteiger partial charge in [0.25, 0.3) is 0 Å². The summed E-state index contributed by atoms with van der Waals surface area (Å²) in [5, 5.41) is 0. The van der Waals surface area contributed by atoms with Gasteiger partial charge in [0.2, 0.25) is 0 Å². The molecule has 0 radical (unpaired) electrons. The molecule has 0 N–H and O–H groups in total. The summed E-state index contributed by atoms with van der Waals surface area (Å²) >= 11 is 0. The van der Waals surface area contributed by atoms with Crippen LogP contribution in [-0.2, 0) is 4.79 Å². The zero-order valence-electron chi connectivity index (χ0n) is 16.4. The number of ketones is 1. The third kappa shape index (κ3) is 3.99. The van der Waals surface area contributed by atoms with E-state index in [0.29, 0.717) is 0 Å². The third-order valence-corrected chi connectivity index (χ3v) is 4.78. The lowest BCUT2D eigenvalue weighted by Gasteiger charge is -2.34. The minimum Gasteiger partial charge on any atom is -0.481 e. The molecule has 2 heteroatoms. The summed E-state index contributed by atoms with van der Waals surface area (Å²) in [7, 11) is 0. The Hall–Kier alpha value is -2.53. The van der Waals surface area contributed by atoms with Gasteiger partial charge in [-0.2, -0.15) is 0 Å². The van der Waals surface area contributed by atoms with Gasteiger partial charge in [0.1, 0.15) is 12.4 Å². The minimum atomic E-state index is -0.408. The second-order valence-electron chi connectivity index (χ2n) is 8.22. The van der Waals surface area contributed by atoms with Crippen LogP contribution in [0.1, 0.15) is 46.1 Å². The largest absolute Gasteiger partial charge is 0.481 e. The number of terminal acetylenes is 1. The molecule has 0 fully saturated rings. The molecule has 0 heterocycles. The molecule has 0 saturated carbocycles. The number of rotatable bonds is 5. The fourth-order valence-corrected chi connectivity index (χ4v) is 3.10. The standard InChI is InChI=1S/C24H28O2/c1-8-14-26-21-13-11-10-12-18(21)17-15-19(23(3,4)5)22(25)20(16-17)24(6,7)9-2/h1,9-13,15-17H,2,14H2,3-7H3. The molecule has 0 saturated heterocycles. The number of allylic oxidation sites excluding steroid dienone is 5. The van der Waals surface area contributed by atoms with Crippen LogP contribution in [0.4, 0.5) is 0 Å². The smallest absolute Gasteiger partial charge is 0.185 e. The molecule has 0 spiro atoms. The molecular formula is C24H28O2. The quantitative estimate of drug-likeness (QED) is 0.520. The third-order valence-electron chi connectivity index (χ3n) is 4.78. The van der Waals surface area contributed by atoms with Crippen molar-refractivity contribution in [3.8, 4) is 18.1 Å². The maximum Gasteiger partial charge on any atom is 0.185 e. The van der Waals surface area contributed by atoms with E-state index in [1.54, 1.807) is 0 Å². The highest BCUT2D eigenvalue weighted by Gasteiger charge is 2.36. The Balaban J connectivity index is 2.63. The van der Waals surface area contributed by atoms with Crippen molar-refractivity contribution in [2.24, 2.45) is 10.8 Å². The van der Waals surface area contributed by atoms with E-state index < -0.39 is 5.41 Å². The number of carbonyl (C=O) groups is 1. The van der Waals surface area contributed by atoms with E-state index >= 15 is 0 Å². The maximum atomic E-state index is 13.2. The SMILES string of the molecule is C#CCOc1ccccc1C1C=C(C(C)(C)C)C(=O)C(C(C)(C)C=C)=C1. The Kier molecular flexibility index (Phi) is 5.62. The molecule has 2 nitrogen and oxygen atoms in total. The van der Waals surface area contributed by atoms with Crippen LogP contribution in [0.2, 0.25) is 0 Å². The van der Waals surface area contributed by atoms with Gasteiger partial charge < -0.3 is 4.74 Å². The highest BCUT2D eigenvalue weighted by atomic mass is 16.5. The van der Waals surface area contributed by atoms with Gasteiger partial charge in [-0.1, -0.05) is 77.0 Å². The number of carbonyl (C=O) groups excluding carboxylic acids is 1. The summed E-state index contributed by atoms with van der Waals surface area (Å²) in [6, 6.07) is 7.85. The van der Waals surface area contributed by atoms with Crippen LogP contribution in [0.25, 0.3) is 0 Å². The molecule has 0 amide bonds. The van der Waals surface area contributed by atoms with E-state index in [1.165, 1.54) is 0 Å². The summed E-state index contributed by atoms with van der Waals surface area (Å²) in [6.07, 6.45) is 11.3. The van der Waals surface area contributed by atoms with Gasteiger partial charge >= 0.3 is 0 Å². The number of ether oxygens (including phenoxy) is 1. The highest BCUT2D eigenvalue weighted by Crippen LogP contribution is 2.43. The van der Waals surface area contributed by atoms with E-state index in [9.17, 15) is 4.79 Å². The predicted molar refractivity (Wildman–Crippen MR) is 108 cm³/mol. The van der Waals surface area contributed by atoms with Gasteiger partial charge in [-0.25, -0.2) is 0 Å². The van der Waals surface area contributed by atoms with Gasteiger partial charge in [0.05, 0.1) is 0 Å². The summed E-state index contributed by atoms with van der Waals surface area (Å²) in [6.45, 7) is 14.4. The van der Waals surface area contributed by atoms with Gasteiger partial charge in [0.15, 0.2) is 5.78 Å². The molecule has 0 aromatic heterocycles. The molecule has 26 heavy (non-hydrogen) atoms. The van der Waals surface area contributed by atoms with Crippen molar-refractivity contribution in [2.45, 2.75) is 40.5 Å². The zero-order chi connectivity index (χ0) is 19.5. The first-order chi connectivity index (χ1) is 12.1. The second-order valence-corrected chi connectivity index (χ2v) is 8.22. The molecule has 136 valence electrons. The van der Waals surface area contributed by atoms with Gasteiger partial charge in [-0.3, -0.25) is 4.79 Å². The average Bonchev–Trinajstić information content (AvgIpc) is 2.59. The number of Topliss-reactive ketones (excluding diaryl/α,β-unsaturated/α-hetero) is 1. The Bertz CT molecular complexity index is 807. The topological polar surface area (TPSA) is 26.3 Å². The summed E-state index contributed by atoms with van der Waals surface area (Å²) in [5.41, 5.74) is 1.95. The Morgan fingerprint density at radius 3 is 2.35 bits per heavy atom. The van der Waals surface area contributed by atoms with E-state index in [4.69, 9.17) is 11.2 Å². The van der Waals surface area contributed by atoms with Crippen LogP contribution >= 0.6 is 0 Å². The molecule has 0 aliphatic heterocycles. The lowest BCUT2D eigenvalue weighted by Crippen LogP contribution is -2.29. The van der Waals surface area contributed by atoms with Crippen LogP contribution < -0.4 is 4.74 Å². The molecule has 1 aromatic carbocycles. The summed E-state index contributed by atoms with van der Waals surface area (Å²) in [5.74, 6) is 3.31. The van der Waals surface area contributed by atoms with Crippen molar-refractivity contribution in [3.05, 3.63) is 65.8 Å². The van der Waals surface area contributed by atoms with Gasteiger partial charge in [-0.15, -0.1) is 13.0 Å². The van der Waals surface area contributed by atoms with Crippen molar-refractivity contribution < 1.29 is 9.53 Å².